The summed E-state index contributed by atoms with van der Waals surface area (Å²) >= 11 is 12.6. The Morgan fingerprint density at radius 3 is 2.50 bits per heavy atom. The maximum Gasteiger partial charge on any atom is 0.262 e. The van der Waals surface area contributed by atoms with Crippen LogP contribution >= 0.6 is 23.2 Å². The maximum atomic E-state index is 13.0. The lowest BCUT2D eigenvalue weighted by atomic mass is 10.0. The van der Waals surface area contributed by atoms with Gasteiger partial charge in [0.15, 0.2) is 0 Å². The first-order chi connectivity index (χ1) is 15.2. The highest BCUT2D eigenvalue weighted by molar-refractivity contribution is 7.92. The van der Waals surface area contributed by atoms with Gasteiger partial charge in [-0.2, -0.15) is 0 Å². The van der Waals surface area contributed by atoms with E-state index in [-0.39, 0.29) is 27.3 Å². The zero-order valence-electron chi connectivity index (χ0n) is 16.6. The minimum atomic E-state index is -4.02. The minimum Gasteiger partial charge on any atom is -0.311 e. The first-order valence-corrected chi connectivity index (χ1v) is 11.6. The van der Waals surface area contributed by atoms with E-state index >= 15 is 0 Å². The van der Waals surface area contributed by atoms with E-state index in [1.807, 2.05) is 30.3 Å². The number of anilines is 2. The highest BCUT2D eigenvalue weighted by atomic mass is 35.5. The van der Waals surface area contributed by atoms with Crippen LogP contribution in [0.2, 0.25) is 10.0 Å². The van der Waals surface area contributed by atoms with Crippen molar-refractivity contribution in [2.75, 3.05) is 10.0 Å². The molecule has 162 valence electrons. The molecule has 0 unspecified atom stereocenters. The monoisotopic (exact) mass is 486 g/mol. The van der Waals surface area contributed by atoms with Crippen molar-refractivity contribution >= 4 is 61.4 Å². The number of hydrogen-bond acceptors (Lipinski definition) is 5. The van der Waals surface area contributed by atoms with E-state index in [2.05, 4.69) is 20.0 Å². The molecule has 0 aliphatic rings. The molecule has 2 heterocycles. The molecule has 0 fully saturated rings. The zero-order chi connectivity index (χ0) is 22.9. The normalized spacial score (nSPS) is 11.3. The molecular formula is C22H16Cl2N4O3S. The molecule has 0 aliphatic heterocycles. The number of pyridine rings is 2. The van der Waals surface area contributed by atoms with Gasteiger partial charge >= 0.3 is 0 Å². The number of sulfonamides is 1. The van der Waals surface area contributed by atoms with E-state index in [0.29, 0.717) is 16.3 Å². The average molecular weight is 487 g/mol. The van der Waals surface area contributed by atoms with Gasteiger partial charge in [-0.05, 0) is 29.7 Å². The van der Waals surface area contributed by atoms with Crippen LogP contribution in [-0.4, -0.2) is 24.3 Å². The summed E-state index contributed by atoms with van der Waals surface area (Å²) in [5.74, 6) is -0.112. The Hall–Kier alpha value is -3.20. The maximum absolute atomic E-state index is 13.0. The Kier molecular flexibility index (Phi) is 6.01. The average Bonchev–Trinajstić information content (AvgIpc) is 2.75. The summed E-state index contributed by atoms with van der Waals surface area (Å²) in [6, 6.07) is 15.2. The number of aromatic nitrogens is 2. The summed E-state index contributed by atoms with van der Waals surface area (Å²) in [4.78, 5) is 19.6. The second kappa shape index (κ2) is 8.74. The van der Waals surface area contributed by atoms with Gasteiger partial charge < -0.3 is 5.32 Å². The summed E-state index contributed by atoms with van der Waals surface area (Å²) in [5.41, 5.74) is 1.13. The van der Waals surface area contributed by atoms with Gasteiger partial charge in [-0.15, -0.1) is 0 Å². The van der Waals surface area contributed by atoms with E-state index in [9.17, 15) is 13.2 Å². The number of fused-ring (bicyclic) bond motifs is 1. The van der Waals surface area contributed by atoms with E-state index < -0.39 is 10.0 Å². The lowest BCUT2D eigenvalue weighted by Gasteiger charge is -2.13. The molecule has 0 spiro atoms. The molecule has 0 atom stereocenters. The molecule has 2 N–H and O–H groups in total. The quantitative estimate of drug-likeness (QED) is 0.395. The zero-order valence-corrected chi connectivity index (χ0v) is 19.0. The fraction of sp³-hybridized carbons (Fsp3) is 0.0455. The van der Waals surface area contributed by atoms with E-state index in [1.165, 1.54) is 37.4 Å². The van der Waals surface area contributed by atoms with Crippen LogP contribution < -0.4 is 10.0 Å². The molecule has 4 rings (SSSR count). The Morgan fingerprint density at radius 2 is 1.75 bits per heavy atom. The molecule has 0 saturated carbocycles. The number of carbonyl (C=O) groups is 1. The van der Waals surface area contributed by atoms with Crippen molar-refractivity contribution < 1.29 is 13.2 Å². The van der Waals surface area contributed by atoms with Crippen LogP contribution in [-0.2, 0) is 14.8 Å². The van der Waals surface area contributed by atoms with E-state index in [0.717, 1.165) is 10.8 Å². The van der Waals surface area contributed by atoms with Crippen molar-refractivity contribution in [2.45, 2.75) is 11.8 Å². The number of halogens is 2. The summed E-state index contributed by atoms with van der Waals surface area (Å²) in [6.07, 6.45) is 2.88. The molecule has 32 heavy (non-hydrogen) atoms. The molecule has 0 aliphatic carbocycles. The molecule has 2 aromatic heterocycles. The fourth-order valence-corrected chi connectivity index (χ4v) is 4.70. The number of benzene rings is 2. The summed E-state index contributed by atoms with van der Waals surface area (Å²) in [7, 11) is -4.02. The third kappa shape index (κ3) is 4.52. The van der Waals surface area contributed by atoms with Crippen LogP contribution in [0.4, 0.5) is 11.5 Å². The molecule has 0 radical (unpaired) electrons. The predicted octanol–water partition coefficient (Wildman–Crippen LogP) is 5.36. The van der Waals surface area contributed by atoms with Gasteiger partial charge in [-0.3, -0.25) is 14.5 Å². The lowest BCUT2D eigenvalue weighted by molar-refractivity contribution is -0.114. The highest BCUT2D eigenvalue weighted by Gasteiger charge is 2.20. The Balaban J connectivity index is 1.72. The van der Waals surface area contributed by atoms with Gasteiger partial charge in [0.25, 0.3) is 10.0 Å². The smallest absolute Gasteiger partial charge is 0.262 e. The van der Waals surface area contributed by atoms with Crippen LogP contribution in [0.3, 0.4) is 0 Å². The standard InChI is InChI=1S/C22H16Cl2N4O3S/c1-13(29)27-21-11-19(24)20(12-26-21)28-32(30,31)15-6-7-18(23)17(10-15)22-16-5-3-2-4-14(16)8-9-25-22/h2-12,28H,1H3,(H,26,27,29). The third-order valence-electron chi connectivity index (χ3n) is 4.58. The number of rotatable bonds is 5. The number of amides is 1. The predicted molar refractivity (Wildman–Crippen MR) is 127 cm³/mol. The largest absolute Gasteiger partial charge is 0.311 e. The Labute approximate surface area is 194 Å². The van der Waals surface area contributed by atoms with E-state index in [1.54, 1.807) is 6.20 Å². The third-order valence-corrected chi connectivity index (χ3v) is 6.58. The molecule has 0 bridgehead atoms. The van der Waals surface area contributed by atoms with Crippen molar-refractivity contribution in [2.24, 2.45) is 0 Å². The highest BCUT2D eigenvalue weighted by Crippen LogP contribution is 2.34. The minimum absolute atomic E-state index is 0.0198. The topological polar surface area (TPSA) is 101 Å². The van der Waals surface area contributed by atoms with Gasteiger partial charge in [0, 0.05) is 30.1 Å². The number of nitrogens with zero attached hydrogens (tertiary/aromatic N) is 2. The molecular weight excluding hydrogens is 471 g/mol. The first-order valence-electron chi connectivity index (χ1n) is 9.34. The van der Waals surface area contributed by atoms with Crippen LogP contribution in [0, 0.1) is 0 Å². The fourth-order valence-electron chi connectivity index (χ4n) is 3.15. The van der Waals surface area contributed by atoms with Gasteiger partial charge in [0.05, 0.1) is 32.5 Å². The van der Waals surface area contributed by atoms with Gasteiger partial charge in [-0.25, -0.2) is 13.4 Å². The van der Waals surface area contributed by atoms with Gasteiger partial charge in [0.1, 0.15) is 5.82 Å². The molecule has 1 amide bonds. The lowest BCUT2D eigenvalue weighted by Crippen LogP contribution is -2.14. The summed E-state index contributed by atoms with van der Waals surface area (Å²) in [5, 5.41) is 4.73. The van der Waals surface area contributed by atoms with Crippen LogP contribution in [0.25, 0.3) is 22.0 Å². The van der Waals surface area contributed by atoms with Gasteiger partial charge in [-0.1, -0.05) is 47.5 Å². The summed E-state index contributed by atoms with van der Waals surface area (Å²) in [6.45, 7) is 1.33. The second-order valence-electron chi connectivity index (χ2n) is 6.86. The number of carbonyl (C=O) groups excluding carboxylic acids is 1. The van der Waals surface area contributed by atoms with Crippen molar-refractivity contribution in [3.8, 4) is 11.3 Å². The van der Waals surface area contributed by atoms with Crippen molar-refractivity contribution in [3.63, 3.8) is 0 Å². The van der Waals surface area contributed by atoms with Crippen molar-refractivity contribution in [1.29, 1.82) is 0 Å². The first kappa shape index (κ1) is 22.0. The number of nitrogens with one attached hydrogen (secondary N) is 2. The molecule has 4 aromatic rings. The SMILES string of the molecule is CC(=O)Nc1cc(Cl)c(NS(=O)(=O)c2ccc(Cl)c(-c3nccc4ccccc34)c2)cn1. The van der Waals surface area contributed by atoms with E-state index in [4.69, 9.17) is 23.2 Å². The molecule has 0 saturated heterocycles. The molecule has 10 heteroatoms. The van der Waals surface area contributed by atoms with Crippen molar-refractivity contribution in [1.82, 2.24) is 9.97 Å². The molecule has 2 aromatic carbocycles. The Bertz CT molecular complexity index is 1450. The van der Waals surface area contributed by atoms with Crippen LogP contribution in [0.5, 0.6) is 0 Å². The van der Waals surface area contributed by atoms with Gasteiger partial charge in [0.2, 0.25) is 5.91 Å². The molecule has 7 nitrogen and oxygen atoms in total. The van der Waals surface area contributed by atoms with Crippen molar-refractivity contribution in [3.05, 3.63) is 77.0 Å². The number of hydrogen-bond donors (Lipinski definition) is 2. The Morgan fingerprint density at radius 1 is 0.969 bits per heavy atom. The van der Waals surface area contributed by atoms with Crippen LogP contribution in [0.15, 0.2) is 71.9 Å². The second-order valence-corrected chi connectivity index (χ2v) is 9.36. The summed E-state index contributed by atoms with van der Waals surface area (Å²) < 4.78 is 28.5. The van der Waals surface area contributed by atoms with Crippen LogP contribution in [0.1, 0.15) is 6.92 Å².